The fourth-order valence-corrected chi connectivity index (χ4v) is 4.80. The number of nitrogens with zero attached hydrogens (tertiary/aromatic N) is 4. The third kappa shape index (κ3) is 3.52. The topological polar surface area (TPSA) is 80.1 Å². The van der Waals surface area contributed by atoms with Crippen LogP contribution in [0.25, 0.3) is 10.2 Å². The van der Waals surface area contributed by atoms with Crippen LogP contribution in [-0.2, 0) is 11.8 Å². The molecular weight excluding hydrogens is 374 g/mol. The Hall–Kier alpha value is -2.74. The van der Waals surface area contributed by atoms with Gasteiger partial charge < -0.3 is 14.8 Å². The van der Waals surface area contributed by atoms with E-state index < -0.39 is 0 Å². The van der Waals surface area contributed by atoms with Crippen LogP contribution in [0.15, 0.2) is 30.7 Å². The number of hydrogen-bond acceptors (Lipinski definition) is 5. The van der Waals surface area contributed by atoms with Crippen molar-refractivity contribution >= 4 is 33.4 Å². The highest BCUT2D eigenvalue weighted by Gasteiger charge is 2.37. The van der Waals surface area contributed by atoms with Crippen LogP contribution in [0.3, 0.4) is 0 Å². The standard InChI is InChI=1S/C20H23N5O2S/c1-12(26)22-7-15-9-25(10-16(15)18-8-21-11-24(18)3)20(27)14-4-5-17-19(6-14)28-13(2)23-17/h4-6,8,11,15-16H,7,9-10H2,1-3H3,(H,22,26)/t15-,16-/m1/s1. The van der Waals surface area contributed by atoms with E-state index in [4.69, 9.17) is 0 Å². The molecule has 0 bridgehead atoms. The molecule has 1 saturated heterocycles. The third-order valence-corrected chi connectivity index (χ3v) is 6.25. The van der Waals surface area contributed by atoms with Crippen LogP contribution >= 0.6 is 11.3 Å². The van der Waals surface area contributed by atoms with Gasteiger partial charge in [-0.15, -0.1) is 11.3 Å². The van der Waals surface area contributed by atoms with Crippen LogP contribution in [-0.4, -0.2) is 50.9 Å². The Bertz CT molecular complexity index is 1040. The van der Waals surface area contributed by atoms with E-state index in [1.54, 1.807) is 17.7 Å². The van der Waals surface area contributed by atoms with Crippen LogP contribution in [0.4, 0.5) is 0 Å². The molecule has 1 aromatic carbocycles. The van der Waals surface area contributed by atoms with Gasteiger partial charge in [-0.2, -0.15) is 0 Å². The van der Waals surface area contributed by atoms with Gasteiger partial charge in [0.05, 0.1) is 21.6 Å². The second-order valence-electron chi connectivity index (χ2n) is 7.36. The second-order valence-corrected chi connectivity index (χ2v) is 8.59. The molecule has 3 aromatic rings. The lowest BCUT2D eigenvalue weighted by atomic mass is 9.93. The van der Waals surface area contributed by atoms with Crippen molar-refractivity contribution < 1.29 is 9.59 Å². The summed E-state index contributed by atoms with van der Waals surface area (Å²) in [5, 5.41) is 3.90. The Balaban J connectivity index is 1.58. The average molecular weight is 398 g/mol. The molecule has 4 rings (SSSR count). The highest BCUT2D eigenvalue weighted by Crippen LogP contribution is 2.33. The number of carbonyl (C=O) groups excluding carboxylic acids is 2. The van der Waals surface area contributed by atoms with Crippen LogP contribution in [0.1, 0.15) is 33.9 Å². The fraction of sp³-hybridized carbons (Fsp3) is 0.400. The molecule has 28 heavy (non-hydrogen) atoms. The van der Waals surface area contributed by atoms with Crippen molar-refractivity contribution in [3.8, 4) is 0 Å². The lowest BCUT2D eigenvalue weighted by molar-refractivity contribution is -0.119. The summed E-state index contributed by atoms with van der Waals surface area (Å²) in [5.41, 5.74) is 2.69. The molecule has 2 atom stereocenters. The third-order valence-electron chi connectivity index (χ3n) is 5.32. The molecule has 1 N–H and O–H groups in total. The van der Waals surface area contributed by atoms with Gasteiger partial charge in [0.15, 0.2) is 0 Å². The summed E-state index contributed by atoms with van der Waals surface area (Å²) in [6.45, 7) is 5.25. The van der Waals surface area contributed by atoms with E-state index >= 15 is 0 Å². The van der Waals surface area contributed by atoms with Gasteiger partial charge in [-0.25, -0.2) is 9.97 Å². The van der Waals surface area contributed by atoms with E-state index in [1.807, 2.05) is 47.8 Å². The molecule has 1 aliphatic rings. The summed E-state index contributed by atoms with van der Waals surface area (Å²) in [7, 11) is 1.96. The minimum Gasteiger partial charge on any atom is -0.356 e. The van der Waals surface area contributed by atoms with Crippen molar-refractivity contribution in [1.82, 2.24) is 24.8 Å². The SMILES string of the molecule is CC(=O)NC[C@@H]1CN(C(=O)c2ccc3nc(C)sc3c2)C[C@H]1c1cncn1C. The number of likely N-dealkylation sites (tertiary alicyclic amines) is 1. The molecule has 0 radical (unpaired) electrons. The van der Waals surface area contributed by atoms with Crippen molar-refractivity contribution in [2.75, 3.05) is 19.6 Å². The average Bonchev–Trinajstić information content (AvgIpc) is 3.35. The monoisotopic (exact) mass is 397 g/mol. The van der Waals surface area contributed by atoms with Gasteiger partial charge in [0.25, 0.3) is 5.91 Å². The van der Waals surface area contributed by atoms with E-state index in [-0.39, 0.29) is 23.7 Å². The second kappa shape index (κ2) is 7.35. The number of aryl methyl sites for hydroxylation is 2. The summed E-state index contributed by atoms with van der Waals surface area (Å²) < 4.78 is 3.02. The smallest absolute Gasteiger partial charge is 0.253 e. The lowest BCUT2D eigenvalue weighted by Gasteiger charge is -2.18. The molecule has 3 heterocycles. The first-order valence-corrected chi connectivity index (χ1v) is 10.1. The summed E-state index contributed by atoms with van der Waals surface area (Å²) in [6, 6.07) is 5.70. The first-order valence-electron chi connectivity index (χ1n) is 9.29. The molecule has 0 spiro atoms. The highest BCUT2D eigenvalue weighted by atomic mass is 32.1. The van der Waals surface area contributed by atoms with E-state index in [2.05, 4.69) is 15.3 Å². The van der Waals surface area contributed by atoms with Crippen LogP contribution in [0.5, 0.6) is 0 Å². The molecule has 0 saturated carbocycles. The zero-order chi connectivity index (χ0) is 19.8. The lowest BCUT2D eigenvalue weighted by Crippen LogP contribution is -2.32. The van der Waals surface area contributed by atoms with Crippen molar-refractivity contribution in [3.05, 3.63) is 47.0 Å². The first-order chi connectivity index (χ1) is 13.4. The first kappa shape index (κ1) is 18.6. The maximum Gasteiger partial charge on any atom is 0.253 e. The van der Waals surface area contributed by atoms with E-state index in [1.165, 1.54) is 6.92 Å². The minimum absolute atomic E-state index is 0.0189. The van der Waals surface area contributed by atoms with E-state index in [0.717, 1.165) is 20.9 Å². The normalized spacial score (nSPS) is 19.3. The van der Waals surface area contributed by atoms with Gasteiger partial charge in [-0.05, 0) is 25.1 Å². The highest BCUT2D eigenvalue weighted by molar-refractivity contribution is 7.18. The summed E-state index contributed by atoms with van der Waals surface area (Å²) in [5.74, 6) is 0.250. The van der Waals surface area contributed by atoms with Crippen LogP contribution < -0.4 is 5.32 Å². The number of nitrogens with one attached hydrogen (secondary N) is 1. The Morgan fingerprint density at radius 1 is 1.32 bits per heavy atom. The number of fused-ring (bicyclic) bond motifs is 1. The molecule has 1 aliphatic heterocycles. The van der Waals surface area contributed by atoms with Crippen LogP contribution in [0.2, 0.25) is 0 Å². The van der Waals surface area contributed by atoms with Gasteiger partial charge in [0.2, 0.25) is 5.91 Å². The molecule has 8 heteroatoms. The summed E-state index contributed by atoms with van der Waals surface area (Å²) in [4.78, 5) is 35.2. The molecule has 0 unspecified atom stereocenters. The molecule has 2 aromatic heterocycles. The predicted octanol–water partition coefficient (Wildman–Crippen LogP) is 2.33. The summed E-state index contributed by atoms with van der Waals surface area (Å²) in [6.07, 6.45) is 3.63. The van der Waals surface area contributed by atoms with E-state index in [0.29, 0.717) is 25.2 Å². The van der Waals surface area contributed by atoms with Gasteiger partial charge in [-0.1, -0.05) is 0 Å². The predicted molar refractivity (Wildman–Crippen MR) is 108 cm³/mol. The number of thiazole rings is 1. The zero-order valence-corrected chi connectivity index (χ0v) is 17.0. The van der Waals surface area contributed by atoms with Crippen LogP contribution in [0, 0.1) is 12.8 Å². The molecule has 7 nitrogen and oxygen atoms in total. The largest absolute Gasteiger partial charge is 0.356 e. The van der Waals surface area contributed by atoms with Crippen molar-refractivity contribution in [2.24, 2.45) is 13.0 Å². The number of aromatic nitrogens is 3. The fourth-order valence-electron chi connectivity index (χ4n) is 3.93. The Kier molecular flexibility index (Phi) is 4.89. The van der Waals surface area contributed by atoms with Gasteiger partial charge >= 0.3 is 0 Å². The molecular formula is C20H23N5O2S. The zero-order valence-electron chi connectivity index (χ0n) is 16.2. The number of benzene rings is 1. The number of hydrogen-bond donors (Lipinski definition) is 1. The maximum absolute atomic E-state index is 13.2. The van der Waals surface area contributed by atoms with Gasteiger partial charge in [0.1, 0.15) is 0 Å². The van der Waals surface area contributed by atoms with Gasteiger partial charge in [0, 0.05) is 62.9 Å². The van der Waals surface area contributed by atoms with Crippen molar-refractivity contribution in [1.29, 1.82) is 0 Å². The number of rotatable bonds is 4. The molecule has 146 valence electrons. The van der Waals surface area contributed by atoms with Crippen molar-refractivity contribution in [3.63, 3.8) is 0 Å². The number of amides is 2. The quantitative estimate of drug-likeness (QED) is 0.733. The maximum atomic E-state index is 13.2. The Morgan fingerprint density at radius 3 is 2.86 bits per heavy atom. The number of imidazole rings is 1. The Morgan fingerprint density at radius 2 is 2.14 bits per heavy atom. The molecule has 1 fully saturated rings. The molecule has 2 amide bonds. The molecule has 0 aliphatic carbocycles. The minimum atomic E-state index is -0.0560. The van der Waals surface area contributed by atoms with E-state index in [9.17, 15) is 9.59 Å². The Labute approximate surface area is 167 Å². The van der Waals surface area contributed by atoms with Gasteiger partial charge in [-0.3, -0.25) is 9.59 Å². The number of carbonyl (C=O) groups is 2. The van der Waals surface area contributed by atoms with Crippen molar-refractivity contribution in [2.45, 2.75) is 19.8 Å². The summed E-state index contributed by atoms with van der Waals surface area (Å²) >= 11 is 1.60.